The topological polar surface area (TPSA) is 26.8 Å². The van der Waals surface area contributed by atoms with Gasteiger partial charge in [0.1, 0.15) is 0 Å². The van der Waals surface area contributed by atoms with Gasteiger partial charge in [0.15, 0.2) is 0 Å². The highest BCUT2D eigenvalue weighted by molar-refractivity contribution is 5.82. The van der Waals surface area contributed by atoms with E-state index in [9.17, 15) is 4.79 Å². The van der Waals surface area contributed by atoms with E-state index < -0.39 is 0 Å². The molecule has 2 aliphatic rings. The number of nitrogens with zero attached hydrogens (tertiary/aromatic N) is 3. The molecule has 2 rings (SSSR count). The molecule has 0 aromatic heterocycles. The van der Waals surface area contributed by atoms with Crippen LogP contribution in [0.5, 0.6) is 0 Å². The molecular weight excluding hydrogens is 250 g/mol. The zero-order valence-electron chi connectivity index (χ0n) is 13.9. The number of amides is 1. The third-order valence-corrected chi connectivity index (χ3v) is 4.60. The van der Waals surface area contributed by atoms with Gasteiger partial charge >= 0.3 is 0 Å². The predicted molar refractivity (Wildman–Crippen MR) is 82.7 cm³/mol. The minimum atomic E-state index is 0.0996. The van der Waals surface area contributed by atoms with Crippen molar-refractivity contribution in [2.24, 2.45) is 5.41 Å². The largest absolute Gasteiger partial charge is 0.341 e. The molecule has 0 spiro atoms. The molecule has 1 amide bonds. The number of hydrogen-bond donors (Lipinski definition) is 0. The fraction of sp³-hybridized carbons (Fsp3) is 0.938. The molecule has 0 aliphatic carbocycles. The van der Waals surface area contributed by atoms with Crippen molar-refractivity contribution in [2.45, 2.75) is 52.1 Å². The number of carbonyl (C=O) groups excluding carboxylic acids is 1. The van der Waals surface area contributed by atoms with Gasteiger partial charge in [-0.2, -0.15) is 0 Å². The first-order chi connectivity index (χ1) is 9.28. The maximum Gasteiger partial charge on any atom is 0.239 e. The summed E-state index contributed by atoms with van der Waals surface area (Å²) < 4.78 is 0. The summed E-state index contributed by atoms with van der Waals surface area (Å²) in [7, 11) is 4.31. The van der Waals surface area contributed by atoms with Crippen LogP contribution in [0, 0.1) is 5.41 Å². The Balaban J connectivity index is 1.99. The van der Waals surface area contributed by atoms with E-state index in [-0.39, 0.29) is 11.5 Å². The first-order valence-corrected chi connectivity index (χ1v) is 7.97. The number of likely N-dealkylation sites (tertiary alicyclic amines) is 2. The number of hydrogen-bond acceptors (Lipinski definition) is 3. The van der Waals surface area contributed by atoms with Crippen LogP contribution >= 0.6 is 0 Å². The smallest absolute Gasteiger partial charge is 0.239 e. The third-order valence-electron chi connectivity index (χ3n) is 4.60. The Kier molecular flexibility index (Phi) is 4.75. The van der Waals surface area contributed by atoms with E-state index in [0.29, 0.717) is 11.9 Å². The second kappa shape index (κ2) is 6.02. The summed E-state index contributed by atoms with van der Waals surface area (Å²) in [6.07, 6.45) is 3.35. The molecule has 0 saturated carbocycles. The van der Waals surface area contributed by atoms with Crippen LogP contribution in [0.1, 0.15) is 40.0 Å². The van der Waals surface area contributed by atoms with Crippen molar-refractivity contribution >= 4 is 5.91 Å². The Morgan fingerprint density at radius 3 is 2.50 bits per heavy atom. The quantitative estimate of drug-likeness (QED) is 0.787. The standard InChI is InChI=1S/C16H31N3O/c1-16(2,3)12-19-9-6-7-14(15(19)20)18(5)13-8-10-17(4)11-13/h13-14H,6-12H2,1-5H3. The van der Waals surface area contributed by atoms with Crippen LogP contribution in [-0.4, -0.2) is 73.0 Å². The predicted octanol–water partition coefficient (Wildman–Crippen LogP) is 1.66. The summed E-state index contributed by atoms with van der Waals surface area (Å²) >= 11 is 0. The molecule has 0 bridgehead atoms. The van der Waals surface area contributed by atoms with Crippen LogP contribution in [-0.2, 0) is 4.79 Å². The summed E-state index contributed by atoms with van der Waals surface area (Å²) in [6.45, 7) is 10.7. The van der Waals surface area contributed by atoms with E-state index in [1.54, 1.807) is 0 Å². The Bertz CT molecular complexity index is 350. The molecule has 2 heterocycles. The molecule has 0 radical (unpaired) electrons. The van der Waals surface area contributed by atoms with Gasteiger partial charge in [0.05, 0.1) is 6.04 Å². The lowest BCUT2D eigenvalue weighted by molar-refractivity contribution is -0.141. The van der Waals surface area contributed by atoms with Gasteiger partial charge in [0, 0.05) is 25.7 Å². The monoisotopic (exact) mass is 281 g/mol. The first-order valence-electron chi connectivity index (χ1n) is 7.97. The van der Waals surface area contributed by atoms with Gasteiger partial charge < -0.3 is 9.80 Å². The van der Waals surface area contributed by atoms with Crippen molar-refractivity contribution in [3.63, 3.8) is 0 Å². The van der Waals surface area contributed by atoms with Crippen molar-refractivity contribution in [2.75, 3.05) is 40.3 Å². The van der Waals surface area contributed by atoms with Gasteiger partial charge in [-0.15, -0.1) is 0 Å². The van der Waals surface area contributed by atoms with Crippen LogP contribution in [0.15, 0.2) is 0 Å². The lowest BCUT2D eigenvalue weighted by Crippen LogP contribution is -2.55. The summed E-state index contributed by atoms with van der Waals surface area (Å²) in [5.41, 5.74) is 0.184. The van der Waals surface area contributed by atoms with Crippen LogP contribution < -0.4 is 0 Å². The average molecular weight is 281 g/mol. The third kappa shape index (κ3) is 3.73. The molecule has 2 aliphatic heterocycles. The van der Waals surface area contributed by atoms with Crippen molar-refractivity contribution < 1.29 is 4.79 Å². The Hall–Kier alpha value is -0.610. The van der Waals surface area contributed by atoms with E-state index in [2.05, 4.69) is 49.6 Å². The van der Waals surface area contributed by atoms with Gasteiger partial charge in [0.25, 0.3) is 0 Å². The van der Waals surface area contributed by atoms with E-state index >= 15 is 0 Å². The van der Waals surface area contributed by atoms with E-state index in [0.717, 1.165) is 39.0 Å². The SMILES string of the molecule is CN1CCC(N(C)C2CCCN(CC(C)(C)C)C2=O)C1. The van der Waals surface area contributed by atoms with Crippen LogP contribution in [0.25, 0.3) is 0 Å². The molecule has 2 unspecified atom stereocenters. The maximum absolute atomic E-state index is 12.8. The van der Waals surface area contributed by atoms with Crippen LogP contribution in [0.4, 0.5) is 0 Å². The second-order valence-corrected chi connectivity index (χ2v) is 7.85. The molecule has 0 aromatic carbocycles. The molecule has 0 N–H and O–H groups in total. The molecule has 116 valence electrons. The van der Waals surface area contributed by atoms with E-state index in [1.165, 1.54) is 6.42 Å². The first kappa shape index (κ1) is 15.8. The van der Waals surface area contributed by atoms with Crippen molar-refractivity contribution in [1.29, 1.82) is 0 Å². The lowest BCUT2D eigenvalue weighted by Gasteiger charge is -2.41. The summed E-state index contributed by atoms with van der Waals surface area (Å²) in [5, 5.41) is 0. The van der Waals surface area contributed by atoms with Crippen molar-refractivity contribution in [1.82, 2.24) is 14.7 Å². The van der Waals surface area contributed by atoms with Gasteiger partial charge in [0.2, 0.25) is 5.91 Å². The fourth-order valence-electron chi connectivity index (χ4n) is 3.53. The van der Waals surface area contributed by atoms with Crippen LogP contribution in [0.2, 0.25) is 0 Å². The second-order valence-electron chi connectivity index (χ2n) is 7.85. The minimum Gasteiger partial charge on any atom is -0.341 e. The van der Waals surface area contributed by atoms with Gasteiger partial charge in [-0.05, 0) is 45.3 Å². The number of piperidine rings is 1. The summed E-state index contributed by atoms with van der Waals surface area (Å²) in [6, 6.07) is 0.645. The molecule has 2 fully saturated rings. The summed E-state index contributed by atoms with van der Waals surface area (Å²) in [4.78, 5) is 19.6. The van der Waals surface area contributed by atoms with Gasteiger partial charge in [-0.3, -0.25) is 9.69 Å². The molecular formula is C16H31N3O. The maximum atomic E-state index is 12.8. The van der Waals surface area contributed by atoms with Gasteiger partial charge in [-0.1, -0.05) is 20.8 Å². The number of carbonyl (C=O) groups is 1. The van der Waals surface area contributed by atoms with Crippen molar-refractivity contribution in [3.05, 3.63) is 0 Å². The Morgan fingerprint density at radius 2 is 1.95 bits per heavy atom. The molecule has 20 heavy (non-hydrogen) atoms. The molecule has 0 aromatic rings. The van der Waals surface area contributed by atoms with E-state index in [4.69, 9.17) is 0 Å². The highest BCUT2D eigenvalue weighted by Gasteiger charge is 2.37. The fourth-order valence-corrected chi connectivity index (χ4v) is 3.53. The normalized spacial score (nSPS) is 29.5. The highest BCUT2D eigenvalue weighted by Crippen LogP contribution is 2.25. The number of likely N-dealkylation sites (N-methyl/N-ethyl adjacent to an activating group) is 2. The van der Waals surface area contributed by atoms with E-state index in [1.807, 2.05) is 0 Å². The highest BCUT2D eigenvalue weighted by atomic mass is 16.2. The van der Waals surface area contributed by atoms with Crippen molar-refractivity contribution in [3.8, 4) is 0 Å². The number of rotatable bonds is 3. The van der Waals surface area contributed by atoms with Crippen LogP contribution in [0.3, 0.4) is 0 Å². The Morgan fingerprint density at radius 1 is 1.25 bits per heavy atom. The zero-order valence-corrected chi connectivity index (χ0v) is 13.9. The lowest BCUT2D eigenvalue weighted by atomic mass is 9.93. The minimum absolute atomic E-state index is 0.0996. The Labute approximate surface area is 124 Å². The molecule has 4 nitrogen and oxygen atoms in total. The zero-order chi connectivity index (χ0) is 14.9. The average Bonchev–Trinajstić information content (AvgIpc) is 2.76. The summed E-state index contributed by atoms with van der Waals surface area (Å²) in [5.74, 6) is 0.350. The molecule has 2 atom stereocenters. The van der Waals surface area contributed by atoms with Gasteiger partial charge in [-0.25, -0.2) is 0 Å². The molecule has 2 saturated heterocycles. The molecule has 4 heteroatoms.